The van der Waals surface area contributed by atoms with Crippen LogP contribution in [0, 0.1) is 5.41 Å². The van der Waals surface area contributed by atoms with E-state index in [1.165, 1.54) is 7.11 Å². The number of hydrogen-bond acceptors (Lipinski definition) is 4. The molecular weight excluding hydrogens is 262 g/mol. The van der Waals surface area contributed by atoms with Crippen LogP contribution in [0.15, 0.2) is 17.5 Å². The molecule has 0 bridgehead atoms. The molecule has 0 unspecified atom stereocenters. The van der Waals surface area contributed by atoms with Gasteiger partial charge in [0, 0.05) is 29.2 Å². The summed E-state index contributed by atoms with van der Waals surface area (Å²) in [4.78, 5) is 24.6. The first kappa shape index (κ1) is 15.7. The Morgan fingerprint density at radius 1 is 1.42 bits per heavy atom. The number of ether oxygens (including phenoxy) is 1. The summed E-state index contributed by atoms with van der Waals surface area (Å²) in [5.41, 5.74) is -0.397. The number of nitrogens with one attached hydrogen (secondary N) is 1. The molecule has 1 amide bonds. The Labute approximate surface area is 118 Å². The van der Waals surface area contributed by atoms with Crippen LogP contribution in [0.1, 0.15) is 32.1 Å². The molecule has 0 aliphatic rings. The van der Waals surface area contributed by atoms with Crippen molar-refractivity contribution < 1.29 is 14.3 Å². The lowest BCUT2D eigenvalue weighted by Crippen LogP contribution is -2.39. The number of alkyl carbamates (subject to hydrolysis) is 1. The van der Waals surface area contributed by atoms with Crippen molar-refractivity contribution in [3.05, 3.63) is 22.4 Å². The van der Waals surface area contributed by atoms with E-state index in [2.05, 4.69) is 10.1 Å². The summed E-state index contributed by atoms with van der Waals surface area (Å²) in [5, 5.41) is 4.71. The summed E-state index contributed by atoms with van der Waals surface area (Å²) in [5.74, 6) is 0.130. The van der Waals surface area contributed by atoms with Crippen LogP contribution in [0.2, 0.25) is 0 Å². The molecule has 1 aromatic rings. The number of carbonyl (C=O) groups excluding carboxylic acids is 2. The van der Waals surface area contributed by atoms with Crippen molar-refractivity contribution in [2.45, 2.75) is 39.7 Å². The van der Waals surface area contributed by atoms with Gasteiger partial charge in [0.1, 0.15) is 5.78 Å². The van der Waals surface area contributed by atoms with E-state index < -0.39 is 11.5 Å². The lowest BCUT2D eigenvalue weighted by atomic mass is 9.86. The van der Waals surface area contributed by atoms with E-state index in [4.69, 9.17) is 0 Å². The van der Waals surface area contributed by atoms with Crippen LogP contribution >= 0.6 is 11.3 Å². The van der Waals surface area contributed by atoms with Crippen LogP contribution in [-0.4, -0.2) is 25.0 Å². The van der Waals surface area contributed by atoms with Gasteiger partial charge in [-0.2, -0.15) is 0 Å². The molecule has 0 fully saturated rings. The van der Waals surface area contributed by atoms with Crippen molar-refractivity contribution in [2.24, 2.45) is 5.41 Å². The third-order valence-corrected chi connectivity index (χ3v) is 3.70. The maximum atomic E-state index is 12.1. The van der Waals surface area contributed by atoms with Crippen molar-refractivity contribution >= 4 is 23.2 Å². The highest BCUT2D eigenvalue weighted by Gasteiger charge is 2.26. The SMILES string of the molecule is COC(=O)N[C@H](CC(=O)C(C)(C)C)Cc1cccs1. The monoisotopic (exact) mass is 283 g/mol. The average molecular weight is 283 g/mol. The number of Topliss-reactive ketones (excluding diaryl/α,β-unsaturated/α-hetero) is 1. The molecule has 1 atom stereocenters. The van der Waals surface area contributed by atoms with E-state index >= 15 is 0 Å². The smallest absolute Gasteiger partial charge is 0.407 e. The summed E-state index contributed by atoms with van der Waals surface area (Å²) in [6, 6.07) is 3.73. The Morgan fingerprint density at radius 2 is 2.11 bits per heavy atom. The van der Waals surface area contributed by atoms with Crippen LogP contribution in [0.3, 0.4) is 0 Å². The number of rotatable bonds is 5. The molecule has 0 radical (unpaired) electrons. The highest BCUT2D eigenvalue weighted by Crippen LogP contribution is 2.20. The highest BCUT2D eigenvalue weighted by molar-refractivity contribution is 7.09. The second-order valence-corrected chi connectivity index (χ2v) is 6.53. The Kier molecular flexibility index (Phi) is 5.54. The summed E-state index contributed by atoms with van der Waals surface area (Å²) in [7, 11) is 1.32. The largest absolute Gasteiger partial charge is 0.453 e. The summed E-state index contributed by atoms with van der Waals surface area (Å²) >= 11 is 1.62. The molecule has 0 saturated heterocycles. The van der Waals surface area contributed by atoms with Crippen LogP contribution in [-0.2, 0) is 16.0 Å². The van der Waals surface area contributed by atoms with Crippen molar-refractivity contribution in [3.8, 4) is 0 Å². The molecule has 5 heteroatoms. The minimum Gasteiger partial charge on any atom is -0.453 e. The molecule has 1 rings (SSSR count). The molecule has 0 aliphatic carbocycles. The predicted octanol–water partition coefficient (Wildman–Crippen LogP) is 3.02. The van der Waals surface area contributed by atoms with Crippen molar-refractivity contribution in [2.75, 3.05) is 7.11 Å². The van der Waals surface area contributed by atoms with Crippen LogP contribution in [0.25, 0.3) is 0 Å². The molecule has 19 heavy (non-hydrogen) atoms. The topological polar surface area (TPSA) is 55.4 Å². The number of methoxy groups -OCH3 is 1. The van der Waals surface area contributed by atoms with Crippen molar-refractivity contribution in [3.63, 3.8) is 0 Å². The van der Waals surface area contributed by atoms with Gasteiger partial charge in [0.05, 0.1) is 7.11 Å². The first-order valence-corrected chi connectivity index (χ1v) is 7.11. The molecule has 0 aliphatic heterocycles. The van der Waals surface area contributed by atoms with Crippen LogP contribution in [0.5, 0.6) is 0 Å². The quantitative estimate of drug-likeness (QED) is 0.903. The third kappa shape index (κ3) is 5.42. The highest BCUT2D eigenvalue weighted by atomic mass is 32.1. The van der Waals surface area contributed by atoms with Crippen molar-refractivity contribution in [1.29, 1.82) is 0 Å². The number of ketones is 1. The Balaban J connectivity index is 2.69. The summed E-state index contributed by atoms with van der Waals surface area (Å²) in [6.45, 7) is 5.65. The normalized spacial score (nSPS) is 12.8. The van der Waals surface area contributed by atoms with E-state index in [0.29, 0.717) is 12.8 Å². The first-order chi connectivity index (χ1) is 8.82. The molecule has 4 nitrogen and oxygen atoms in total. The van der Waals surface area contributed by atoms with Crippen molar-refractivity contribution in [1.82, 2.24) is 5.32 Å². The fourth-order valence-electron chi connectivity index (χ4n) is 1.60. The molecule has 0 aromatic carbocycles. The zero-order valence-corrected chi connectivity index (χ0v) is 12.7. The lowest BCUT2D eigenvalue weighted by Gasteiger charge is -2.22. The fourth-order valence-corrected chi connectivity index (χ4v) is 2.39. The van der Waals surface area contributed by atoms with E-state index in [9.17, 15) is 9.59 Å². The molecular formula is C14H21NO3S. The second-order valence-electron chi connectivity index (χ2n) is 5.49. The van der Waals surface area contributed by atoms with Gasteiger partial charge in [-0.15, -0.1) is 11.3 Å². The molecule has 1 aromatic heterocycles. The second kappa shape index (κ2) is 6.70. The molecule has 106 valence electrons. The third-order valence-electron chi connectivity index (χ3n) is 2.80. The molecule has 0 saturated carbocycles. The number of hydrogen-bond donors (Lipinski definition) is 1. The Morgan fingerprint density at radius 3 is 2.58 bits per heavy atom. The van der Waals surface area contributed by atoms with Crippen LogP contribution in [0.4, 0.5) is 4.79 Å². The van der Waals surface area contributed by atoms with Gasteiger partial charge >= 0.3 is 6.09 Å². The van der Waals surface area contributed by atoms with E-state index in [1.807, 2.05) is 38.3 Å². The van der Waals surface area contributed by atoms with Gasteiger partial charge < -0.3 is 10.1 Å². The number of thiophene rings is 1. The van der Waals surface area contributed by atoms with Gasteiger partial charge in [0.15, 0.2) is 0 Å². The number of amides is 1. The maximum Gasteiger partial charge on any atom is 0.407 e. The van der Waals surface area contributed by atoms with E-state index in [-0.39, 0.29) is 11.8 Å². The summed E-state index contributed by atoms with van der Waals surface area (Å²) in [6.07, 6.45) is 0.466. The van der Waals surface area contributed by atoms with Gasteiger partial charge in [0.25, 0.3) is 0 Å². The zero-order valence-electron chi connectivity index (χ0n) is 11.9. The Bertz CT molecular complexity index is 420. The van der Waals surface area contributed by atoms with Gasteiger partial charge in [-0.1, -0.05) is 26.8 Å². The standard InChI is InChI=1S/C14H21NO3S/c1-14(2,3)12(16)9-10(15-13(17)18-4)8-11-6-5-7-19-11/h5-7,10H,8-9H2,1-4H3,(H,15,17)/t10-/m0/s1. The van der Waals surface area contributed by atoms with E-state index in [1.54, 1.807) is 11.3 Å². The maximum absolute atomic E-state index is 12.1. The lowest BCUT2D eigenvalue weighted by molar-refractivity contribution is -0.126. The fraction of sp³-hybridized carbons (Fsp3) is 0.571. The number of carbonyl (C=O) groups is 2. The van der Waals surface area contributed by atoms with Crippen LogP contribution < -0.4 is 5.32 Å². The molecule has 1 heterocycles. The first-order valence-electron chi connectivity index (χ1n) is 6.23. The van der Waals surface area contributed by atoms with Gasteiger partial charge in [-0.05, 0) is 11.4 Å². The summed E-state index contributed by atoms with van der Waals surface area (Å²) < 4.78 is 4.61. The van der Waals surface area contributed by atoms with Gasteiger partial charge in [0.2, 0.25) is 0 Å². The Hall–Kier alpha value is -1.36. The molecule has 0 spiro atoms. The minimum absolute atomic E-state index is 0.130. The molecule has 1 N–H and O–H groups in total. The van der Waals surface area contributed by atoms with Gasteiger partial charge in [-0.25, -0.2) is 4.79 Å². The van der Waals surface area contributed by atoms with Gasteiger partial charge in [-0.3, -0.25) is 4.79 Å². The minimum atomic E-state index is -0.497. The van der Waals surface area contributed by atoms with E-state index in [0.717, 1.165) is 4.88 Å². The average Bonchev–Trinajstić information content (AvgIpc) is 2.80. The zero-order chi connectivity index (χ0) is 14.5. The predicted molar refractivity (Wildman–Crippen MR) is 76.4 cm³/mol.